The van der Waals surface area contributed by atoms with Crippen LogP contribution in [0.15, 0.2) is 0 Å². The molecule has 0 atom stereocenters. The van der Waals surface area contributed by atoms with Crippen LogP contribution < -0.4 is 10.5 Å². The van der Waals surface area contributed by atoms with E-state index >= 15 is 0 Å². The molecule has 0 amide bonds. The summed E-state index contributed by atoms with van der Waals surface area (Å²) in [5, 5.41) is 7.62. The van der Waals surface area contributed by atoms with Gasteiger partial charge in [0.15, 0.2) is 0 Å². The molecule has 0 aliphatic heterocycles. The van der Waals surface area contributed by atoms with E-state index in [9.17, 15) is 8.42 Å². The maximum Gasteiger partial charge on any atom is 0.215 e. The molecule has 4 N–H and O–H groups in total. The van der Waals surface area contributed by atoms with Crippen molar-refractivity contribution in [2.24, 2.45) is 5.73 Å². The molecule has 0 bridgehead atoms. The molecule has 0 unspecified atom stereocenters. The van der Waals surface area contributed by atoms with Gasteiger partial charge in [0.1, 0.15) is 5.84 Å². The molecule has 5 nitrogen and oxygen atoms in total. The summed E-state index contributed by atoms with van der Waals surface area (Å²) in [6.07, 6.45) is 10.0. The summed E-state index contributed by atoms with van der Waals surface area (Å²) in [4.78, 5) is 0. The summed E-state index contributed by atoms with van der Waals surface area (Å²) in [6.45, 7) is 0. The zero-order valence-corrected chi connectivity index (χ0v) is 13.0. The minimum atomic E-state index is -3.36. The molecule has 0 heterocycles. The molecule has 20 heavy (non-hydrogen) atoms. The van der Waals surface area contributed by atoms with Crippen molar-refractivity contribution in [1.29, 1.82) is 5.41 Å². The lowest BCUT2D eigenvalue weighted by Crippen LogP contribution is -2.58. The van der Waals surface area contributed by atoms with Gasteiger partial charge in [-0.2, -0.15) is 0 Å². The van der Waals surface area contributed by atoms with Crippen LogP contribution in [0.25, 0.3) is 0 Å². The Bertz CT molecular complexity index is 433. The summed E-state index contributed by atoms with van der Waals surface area (Å²) in [5.74, 6) is -0.0130. The summed E-state index contributed by atoms with van der Waals surface area (Å²) >= 11 is 0. The van der Waals surface area contributed by atoms with Crippen LogP contribution in [0.3, 0.4) is 0 Å². The molecule has 2 fully saturated rings. The molecule has 2 saturated carbocycles. The first kappa shape index (κ1) is 15.8. The molecule has 2 rings (SSSR count). The van der Waals surface area contributed by atoms with Gasteiger partial charge in [-0.15, -0.1) is 0 Å². The molecule has 0 aromatic rings. The summed E-state index contributed by atoms with van der Waals surface area (Å²) < 4.78 is 27.9. The van der Waals surface area contributed by atoms with Gasteiger partial charge in [0, 0.05) is 0 Å². The Morgan fingerprint density at radius 1 is 1.00 bits per heavy atom. The van der Waals surface area contributed by atoms with E-state index in [1.165, 1.54) is 6.42 Å². The third-order valence-electron chi connectivity index (χ3n) is 4.80. The smallest absolute Gasteiger partial charge is 0.215 e. The van der Waals surface area contributed by atoms with Crippen LogP contribution in [-0.2, 0) is 10.0 Å². The lowest BCUT2D eigenvalue weighted by atomic mass is 9.84. The van der Waals surface area contributed by atoms with Crippen LogP contribution in [0.2, 0.25) is 0 Å². The average Bonchev–Trinajstić information content (AvgIpc) is 2.86. The Kier molecular flexibility index (Phi) is 5.07. The van der Waals surface area contributed by atoms with Crippen molar-refractivity contribution in [3.63, 3.8) is 0 Å². The van der Waals surface area contributed by atoms with Gasteiger partial charge in [0.25, 0.3) is 0 Å². The van der Waals surface area contributed by atoms with Crippen molar-refractivity contribution < 1.29 is 8.42 Å². The first-order valence-electron chi connectivity index (χ1n) is 7.84. The first-order valence-corrected chi connectivity index (χ1v) is 9.38. The van der Waals surface area contributed by atoms with Gasteiger partial charge in [-0.25, -0.2) is 13.1 Å². The van der Waals surface area contributed by atoms with Gasteiger partial charge in [-0.1, -0.05) is 44.9 Å². The Labute approximate surface area is 122 Å². The van der Waals surface area contributed by atoms with Crippen molar-refractivity contribution in [2.45, 2.75) is 81.4 Å². The predicted molar refractivity (Wildman–Crippen MR) is 81.3 cm³/mol. The van der Waals surface area contributed by atoms with Crippen molar-refractivity contribution in [3.05, 3.63) is 0 Å². The largest absolute Gasteiger partial charge is 0.386 e. The number of nitrogens with one attached hydrogen (secondary N) is 2. The molecule has 0 spiro atoms. The Balaban J connectivity index is 2.16. The average molecular weight is 301 g/mol. The zero-order valence-electron chi connectivity index (χ0n) is 12.2. The lowest BCUT2D eigenvalue weighted by molar-refractivity contribution is 0.365. The summed E-state index contributed by atoms with van der Waals surface area (Å²) in [6, 6.07) is 0. The SMILES string of the molecule is N=C(N)C1(NS(=O)(=O)C2CCCC2)CCCCCCC1. The highest BCUT2D eigenvalue weighted by atomic mass is 32.2. The Hall–Kier alpha value is -0.620. The second kappa shape index (κ2) is 6.43. The summed E-state index contributed by atoms with van der Waals surface area (Å²) in [5.41, 5.74) is 4.95. The van der Waals surface area contributed by atoms with Crippen LogP contribution in [0.1, 0.15) is 70.6 Å². The van der Waals surface area contributed by atoms with Gasteiger partial charge in [0.05, 0.1) is 10.8 Å². The van der Waals surface area contributed by atoms with Gasteiger partial charge in [0.2, 0.25) is 10.0 Å². The molecule has 0 radical (unpaired) electrons. The summed E-state index contributed by atoms with van der Waals surface area (Å²) in [7, 11) is -3.36. The second-order valence-corrected chi connectivity index (χ2v) is 8.28. The molecule has 0 aromatic carbocycles. The van der Waals surface area contributed by atoms with E-state index in [0.29, 0.717) is 12.8 Å². The second-order valence-electron chi connectivity index (χ2n) is 6.32. The molecule has 0 aromatic heterocycles. The number of rotatable bonds is 4. The molecule has 0 saturated heterocycles. The quantitative estimate of drug-likeness (QED) is 0.549. The standard InChI is InChI=1S/C14H27N3O2S/c15-13(16)14(10-6-2-1-3-7-11-14)17-20(18,19)12-8-4-5-9-12/h12,17H,1-11H2,(H3,15,16). The normalized spacial score (nSPS) is 25.0. The molecule has 116 valence electrons. The third kappa shape index (κ3) is 3.52. The van der Waals surface area contributed by atoms with E-state index in [1.54, 1.807) is 0 Å². The van der Waals surface area contributed by atoms with Crippen LogP contribution in [0.4, 0.5) is 0 Å². The van der Waals surface area contributed by atoms with E-state index in [0.717, 1.165) is 51.4 Å². The fourth-order valence-electron chi connectivity index (χ4n) is 3.49. The Morgan fingerprint density at radius 3 is 2.00 bits per heavy atom. The molecular weight excluding hydrogens is 274 g/mol. The monoisotopic (exact) mass is 301 g/mol. The van der Waals surface area contributed by atoms with Gasteiger partial charge < -0.3 is 5.73 Å². The highest BCUT2D eigenvalue weighted by Crippen LogP contribution is 2.30. The Morgan fingerprint density at radius 2 is 1.50 bits per heavy atom. The van der Waals surface area contributed by atoms with Crippen molar-refractivity contribution >= 4 is 15.9 Å². The van der Waals surface area contributed by atoms with Gasteiger partial charge in [-0.3, -0.25) is 5.41 Å². The van der Waals surface area contributed by atoms with Crippen LogP contribution in [0, 0.1) is 5.41 Å². The number of nitrogens with two attached hydrogens (primary N) is 1. The van der Waals surface area contributed by atoms with E-state index in [-0.39, 0.29) is 11.1 Å². The van der Waals surface area contributed by atoms with Crippen LogP contribution >= 0.6 is 0 Å². The van der Waals surface area contributed by atoms with Crippen molar-refractivity contribution in [1.82, 2.24) is 4.72 Å². The zero-order chi connectivity index (χ0) is 14.6. The minimum Gasteiger partial charge on any atom is -0.386 e. The number of sulfonamides is 1. The maximum absolute atomic E-state index is 12.5. The highest BCUT2D eigenvalue weighted by Gasteiger charge is 2.40. The van der Waals surface area contributed by atoms with Crippen LogP contribution in [0.5, 0.6) is 0 Å². The molecule has 6 heteroatoms. The van der Waals surface area contributed by atoms with E-state index < -0.39 is 15.6 Å². The van der Waals surface area contributed by atoms with Crippen LogP contribution in [-0.4, -0.2) is 25.0 Å². The highest BCUT2D eigenvalue weighted by molar-refractivity contribution is 7.90. The third-order valence-corrected chi connectivity index (χ3v) is 6.83. The van der Waals surface area contributed by atoms with E-state index in [4.69, 9.17) is 11.1 Å². The topological polar surface area (TPSA) is 96.0 Å². The minimum absolute atomic E-state index is 0.0130. The number of hydrogen-bond acceptors (Lipinski definition) is 3. The first-order chi connectivity index (χ1) is 9.46. The molecular formula is C14H27N3O2S. The molecule has 2 aliphatic carbocycles. The number of amidine groups is 1. The fraction of sp³-hybridized carbons (Fsp3) is 0.929. The van der Waals surface area contributed by atoms with Gasteiger partial charge in [-0.05, 0) is 25.7 Å². The fourth-order valence-corrected chi connectivity index (χ4v) is 5.47. The van der Waals surface area contributed by atoms with Crippen molar-refractivity contribution in [3.8, 4) is 0 Å². The van der Waals surface area contributed by atoms with Crippen molar-refractivity contribution in [2.75, 3.05) is 0 Å². The number of hydrogen-bond donors (Lipinski definition) is 3. The van der Waals surface area contributed by atoms with E-state index in [1.807, 2.05) is 0 Å². The van der Waals surface area contributed by atoms with E-state index in [2.05, 4.69) is 4.72 Å². The predicted octanol–water partition coefficient (Wildman–Crippen LogP) is 2.27. The van der Waals surface area contributed by atoms with Gasteiger partial charge >= 0.3 is 0 Å². The maximum atomic E-state index is 12.5. The molecule has 2 aliphatic rings. The lowest BCUT2D eigenvalue weighted by Gasteiger charge is -2.35.